The predicted octanol–water partition coefficient (Wildman–Crippen LogP) is 5.32. The fourth-order valence-corrected chi connectivity index (χ4v) is 4.59. The largest absolute Gasteiger partial charge is 0.348 e. The lowest BCUT2D eigenvalue weighted by atomic mass is 9.89. The molecule has 0 saturated carbocycles. The van der Waals surface area contributed by atoms with Crippen molar-refractivity contribution in [2.45, 2.75) is 52.6 Å². The van der Waals surface area contributed by atoms with Crippen molar-refractivity contribution in [2.75, 3.05) is 13.1 Å². The molecule has 0 spiro atoms. The number of benzene rings is 2. The Morgan fingerprint density at radius 1 is 1.00 bits per heavy atom. The van der Waals surface area contributed by atoms with Gasteiger partial charge in [-0.05, 0) is 75.5 Å². The minimum atomic E-state index is -0.0297. The number of nitrogens with one attached hydrogen (secondary N) is 1. The fourth-order valence-electron chi connectivity index (χ4n) is 4.59. The minimum Gasteiger partial charge on any atom is -0.348 e. The summed E-state index contributed by atoms with van der Waals surface area (Å²) in [6.45, 7) is 9.80. The monoisotopic (exact) mass is 427 g/mol. The Hall–Kier alpha value is -2.98. The highest BCUT2D eigenvalue weighted by Gasteiger charge is 2.26. The first kappa shape index (κ1) is 22.2. The summed E-state index contributed by atoms with van der Waals surface area (Å²) in [6, 6.07) is 20.8. The van der Waals surface area contributed by atoms with Crippen LogP contribution < -0.4 is 5.32 Å². The van der Waals surface area contributed by atoms with Gasteiger partial charge in [-0.1, -0.05) is 54.1 Å². The first-order chi connectivity index (χ1) is 15.5. The van der Waals surface area contributed by atoms with E-state index >= 15 is 0 Å². The third-order valence-electron chi connectivity index (χ3n) is 6.47. The molecule has 1 saturated heterocycles. The molecule has 166 valence electrons. The number of carbonyl (C=O) groups is 1. The molecule has 4 rings (SSSR count). The molecule has 0 bridgehead atoms. The van der Waals surface area contributed by atoms with Crippen LogP contribution in [-0.2, 0) is 13.1 Å². The Bertz CT molecular complexity index is 1080. The Morgan fingerprint density at radius 2 is 1.78 bits per heavy atom. The lowest BCUT2D eigenvalue weighted by molar-refractivity contribution is 0.0948. The molecule has 0 atom stereocenters. The Labute approximate surface area is 191 Å². The first-order valence-electron chi connectivity index (χ1n) is 11.6. The van der Waals surface area contributed by atoms with E-state index in [2.05, 4.69) is 60.5 Å². The van der Waals surface area contributed by atoms with Crippen LogP contribution in [0, 0.1) is 20.8 Å². The van der Waals surface area contributed by atoms with E-state index in [4.69, 9.17) is 4.98 Å². The molecule has 1 fully saturated rings. The van der Waals surface area contributed by atoms with Gasteiger partial charge in [0.2, 0.25) is 0 Å². The molecular formula is C28H33N3O. The van der Waals surface area contributed by atoms with Crippen LogP contribution in [0.25, 0.3) is 0 Å². The summed E-state index contributed by atoms with van der Waals surface area (Å²) in [5.41, 5.74) is 7.67. The molecule has 4 nitrogen and oxygen atoms in total. The molecule has 32 heavy (non-hydrogen) atoms. The predicted molar refractivity (Wildman–Crippen MR) is 130 cm³/mol. The quantitative estimate of drug-likeness (QED) is 0.579. The summed E-state index contributed by atoms with van der Waals surface area (Å²) in [6.07, 6.45) is 2.06. The molecule has 0 unspecified atom stereocenters. The molecular weight excluding hydrogens is 394 g/mol. The van der Waals surface area contributed by atoms with E-state index in [-0.39, 0.29) is 5.91 Å². The number of hydrogen-bond acceptors (Lipinski definition) is 3. The number of pyridine rings is 1. The number of likely N-dealkylation sites (tertiary alicyclic amines) is 1. The molecule has 0 radical (unpaired) electrons. The lowest BCUT2D eigenvalue weighted by Gasteiger charge is -2.32. The maximum atomic E-state index is 13.1. The summed E-state index contributed by atoms with van der Waals surface area (Å²) < 4.78 is 0. The molecule has 1 aromatic heterocycles. The summed E-state index contributed by atoms with van der Waals surface area (Å²) in [5.74, 6) is 0.292. The maximum Gasteiger partial charge on any atom is 0.253 e. The Morgan fingerprint density at radius 3 is 2.53 bits per heavy atom. The van der Waals surface area contributed by atoms with Crippen LogP contribution in [0.4, 0.5) is 0 Å². The summed E-state index contributed by atoms with van der Waals surface area (Å²) in [5, 5.41) is 3.11. The molecule has 2 heterocycles. The molecule has 1 aliphatic heterocycles. The molecule has 1 N–H and O–H groups in total. The topological polar surface area (TPSA) is 45.2 Å². The zero-order chi connectivity index (χ0) is 22.5. The van der Waals surface area contributed by atoms with E-state index in [1.165, 1.54) is 16.7 Å². The van der Waals surface area contributed by atoms with Gasteiger partial charge < -0.3 is 5.32 Å². The van der Waals surface area contributed by atoms with Crippen molar-refractivity contribution in [3.05, 3.63) is 99.9 Å². The van der Waals surface area contributed by atoms with Crippen molar-refractivity contribution in [1.82, 2.24) is 15.2 Å². The SMILES string of the molecule is Cc1cccc(CN2CCC(c3nc(C)ccc3C(=O)NCc3ccccc3C)CC2)c1. The summed E-state index contributed by atoms with van der Waals surface area (Å²) >= 11 is 0. The van der Waals surface area contributed by atoms with Gasteiger partial charge in [0.1, 0.15) is 0 Å². The third kappa shape index (κ3) is 5.43. The van der Waals surface area contributed by atoms with E-state index in [0.717, 1.165) is 55.0 Å². The van der Waals surface area contributed by atoms with Crippen molar-refractivity contribution >= 4 is 5.91 Å². The van der Waals surface area contributed by atoms with Crippen molar-refractivity contribution < 1.29 is 4.79 Å². The third-order valence-corrected chi connectivity index (χ3v) is 6.47. The van der Waals surface area contributed by atoms with Gasteiger partial charge in [0.15, 0.2) is 0 Å². The fraction of sp³-hybridized carbons (Fsp3) is 0.357. The van der Waals surface area contributed by atoms with Crippen LogP contribution in [-0.4, -0.2) is 28.9 Å². The van der Waals surface area contributed by atoms with Crippen molar-refractivity contribution in [1.29, 1.82) is 0 Å². The number of rotatable bonds is 6. The van der Waals surface area contributed by atoms with Crippen LogP contribution in [0.15, 0.2) is 60.7 Å². The highest BCUT2D eigenvalue weighted by atomic mass is 16.1. The summed E-state index contributed by atoms with van der Waals surface area (Å²) in [7, 11) is 0. The number of carbonyl (C=O) groups excluding carboxylic acids is 1. The molecule has 2 aromatic carbocycles. The number of nitrogens with zero attached hydrogens (tertiary/aromatic N) is 2. The van der Waals surface area contributed by atoms with Crippen LogP contribution in [0.1, 0.15) is 62.8 Å². The van der Waals surface area contributed by atoms with Crippen LogP contribution in [0.2, 0.25) is 0 Å². The highest BCUT2D eigenvalue weighted by molar-refractivity contribution is 5.95. The molecule has 1 amide bonds. The van der Waals surface area contributed by atoms with Gasteiger partial charge in [0.05, 0.1) is 11.3 Å². The van der Waals surface area contributed by atoms with E-state index in [1.54, 1.807) is 0 Å². The average Bonchev–Trinajstić information content (AvgIpc) is 2.79. The number of aryl methyl sites for hydroxylation is 3. The van der Waals surface area contributed by atoms with Gasteiger partial charge in [0, 0.05) is 24.7 Å². The smallest absolute Gasteiger partial charge is 0.253 e. The van der Waals surface area contributed by atoms with Gasteiger partial charge in [0.25, 0.3) is 5.91 Å². The van der Waals surface area contributed by atoms with Gasteiger partial charge in [-0.2, -0.15) is 0 Å². The van der Waals surface area contributed by atoms with Crippen molar-refractivity contribution in [3.63, 3.8) is 0 Å². The van der Waals surface area contributed by atoms with Gasteiger partial charge >= 0.3 is 0 Å². The minimum absolute atomic E-state index is 0.0297. The maximum absolute atomic E-state index is 13.1. The molecule has 3 aromatic rings. The van der Waals surface area contributed by atoms with E-state index in [1.807, 2.05) is 31.2 Å². The Balaban J connectivity index is 1.42. The van der Waals surface area contributed by atoms with E-state index in [9.17, 15) is 4.79 Å². The lowest BCUT2D eigenvalue weighted by Crippen LogP contribution is -2.34. The molecule has 4 heteroatoms. The molecule has 0 aliphatic carbocycles. The Kier molecular flexibility index (Phi) is 7.01. The van der Waals surface area contributed by atoms with Crippen LogP contribution in [0.5, 0.6) is 0 Å². The zero-order valence-corrected chi connectivity index (χ0v) is 19.4. The molecule has 1 aliphatic rings. The van der Waals surface area contributed by atoms with Crippen LogP contribution in [0.3, 0.4) is 0 Å². The summed E-state index contributed by atoms with van der Waals surface area (Å²) in [4.78, 5) is 20.4. The van der Waals surface area contributed by atoms with Crippen LogP contribution >= 0.6 is 0 Å². The van der Waals surface area contributed by atoms with Crippen molar-refractivity contribution in [2.24, 2.45) is 0 Å². The number of aromatic nitrogens is 1. The highest BCUT2D eigenvalue weighted by Crippen LogP contribution is 2.30. The van der Waals surface area contributed by atoms with Gasteiger partial charge in [-0.25, -0.2) is 0 Å². The van der Waals surface area contributed by atoms with E-state index < -0.39 is 0 Å². The second-order valence-electron chi connectivity index (χ2n) is 9.03. The average molecular weight is 428 g/mol. The van der Waals surface area contributed by atoms with Gasteiger partial charge in [-0.15, -0.1) is 0 Å². The normalized spacial score (nSPS) is 15.0. The standard InChI is InChI=1S/C28H33N3O/c1-20-7-6-9-23(17-20)19-31-15-13-24(14-16-31)27-26(12-11-22(3)30-27)28(32)29-18-25-10-5-4-8-21(25)2/h4-12,17,24H,13-16,18-19H2,1-3H3,(H,29,32). The van der Waals surface area contributed by atoms with Gasteiger partial charge in [-0.3, -0.25) is 14.7 Å². The van der Waals surface area contributed by atoms with Crippen molar-refractivity contribution in [3.8, 4) is 0 Å². The number of piperidine rings is 1. The first-order valence-corrected chi connectivity index (χ1v) is 11.6. The van der Waals surface area contributed by atoms with E-state index in [0.29, 0.717) is 12.5 Å². The number of amides is 1. The second-order valence-corrected chi connectivity index (χ2v) is 9.03. The zero-order valence-electron chi connectivity index (χ0n) is 19.4. The number of hydrogen-bond donors (Lipinski definition) is 1. The second kappa shape index (κ2) is 10.1.